The molecule has 6 heavy (non-hydrogen) atoms. The van der Waals surface area contributed by atoms with E-state index >= 15 is 0 Å². The molecule has 0 fully saturated rings. The Hall–Kier alpha value is -0.585. The third-order valence-corrected chi connectivity index (χ3v) is 0.732. The molecule has 0 aromatic rings. The van der Waals surface area contributed by atoms with Crippen LogP contribution in [0.15, 0.2) is 24.3 Å². The van der Waals surface area contributed by atoms with Crippen molar-refractivity contribution in [3.8, 4) is 0 Å². The molecule has 0 heterocycles. The maximum absolute atomic E-state index is 3.68. The first-order chi connectivity index (χ1) is 2.89. The van der Waals surface area contributed by atoms with Crippen molar-refractivity contribution in [2.75, 3.05) is 0 Å². The number of allylic oxidation sites excluding steroid dienone is 4. The molecule has 0 bridgehead atoms. The van der Waals surface area contributed by atoms with Gasteiger partial charge < -0.3 is 0 Å². The van der Waals surface area contributed by atoms with Gasteiger partial charge in [-0.3, -0.25) is 0 Å². The molecule has 0 aliphatic heterocycles. The second-order valence-electron chi connectivity index (χ2n) is 1.29. The molecule has 0 aromatic heterocycles. The molecular formula is C5H5B. The third kappa shape index (κ3) is 0.484. The van der Waals surface area contributed by atoms with Crippen LogP contribution < -0.4 is 0 Å². The van der Waals surface area contributed by atoms with Crippen LogP contribution in [0.4, 0.5) is 0 Å². The van der Waals surface area contributed by atoms with E-state index in [2.05, 4.69) is 7.49 Å². The summed E-state index contributed by atoms with van der Waals surface area (Å²) in [6.07, 6.45) is 7.89. The SMILES string of the molecule is B=C1C=CC=C1. The van der Waals surface area contributed by atoms with Crippen molar-refractivity contribution < 1.29 is 0 Å². The van der Waals surface area contributed by atoms with Crippen molar-refractivity contribution in [2.24, 2.45) is 0 Å². The van der Waals surface area contributed by atoms with Crippen molar-refractivity contribution in [2.45, 2.75) is 0 Å². The third-order valence-electron chi connectivity index (χ3n) is 0.732. The molecule has 1 heteroatoms. The zero-order valence-electron chi connectivity index (χ0n) is 3.52. The maximum atomic E-state index is 3.68. The first-order valence-corrected chi connectivity index (χ1v) is 1.93. The Bertz CT molecular complexity index is 106. The molecule has 1 aliphatic rings. The fourth-order valence-corrected chi connectivity index (χ4v) is 0.414. The van der Waals surface area contributed by atoms with E-state index in [-0.39, 0.29) is 0 Å². The molecule has 28 valence electrons. The van der Waals surface area contributed by atoms with Gasteiger partial charge in [0.15, 0.2) is 0 Å². The molecular weight excluding hydrogens is 70.9 g/mol. The molecule has 0 amide bonds. The Labute approximate surface area is 38.3 Å². The fourth-order valence-electron chi connectivity index (χ4n) is 0.414. The van der Waals surface area contributed by atoms with E-state index in [1.165, 1.54) is 0 Å². The summed E-state index contributed by atoms with van der Waals surface area (Å²) in [5.41, 5.74) is 1.09. The minimum atomic E-state index is 1.09. The summed E-state index contributed by atoms with van der Waals surface area (Å²) in [7, 11) is 3.68. The number of hydrogen-bond acceptors (Lipinski definition) is 0. The number of hydrogen-bond donors (Lipinski definition) is 0. The van der Waals surface area contributed by atoms with Crippen LogP contribution >= 0.6 is 0 Å². The van der Waals surface area contributed by atoms with Gasteiger partial charge >= 0.3 is 37.3 Å². The Morgan fingerprint density at radius 1 is 1.17 bits per heavy atom. The Morgan fingerprint density at radius 3 is 1.83 bits per heavy atom. The zero-order valence-corrected chi connectivity index (χ0v) is 3.52. The molecule has 0 N–H and O–H groups in total. The van der Waals surface area contributed by atoms with Gasteiger partial charge in [-0.15, -0.1) is 0 Å². The van der Waals surface area contributed by atoms with Crippen LogP contribution in [0.1, 0.15) is 0 Å². The van der Waals surface area contributed by atoms with E-state index in [1.54, 1.807) is 0 Å². The van der Waals surface area contributed by atoms with Crippen LogP contribution in [0.25, 0.3) is 0 Å². The van der Waals surface area contributed by atoms with Crippen LogP contribution in [-0.4, -0.2) is 13.0 Å². The summed E-state index contributed by atoms with van der Waals surface area (Å²) < 4.78 is 0. The summed E-state index contributed by atoms with van der Waals surface area (Å²) in [5, 5.41) is 0. The summed E-state index contributed by atoms with van der Waals surface area (Å²) in [6.45, 7) is 0. The van der Waals surface area contributed by atoms with Crippen LogP contribution in [0, 0.1) is 0 Å². The van der Waals surface area contributed by atoms with Gasteiger partial charge in [0.05, 0.1) is 0 Å². The molecule has 0 saturated carbocycles. The van der Waals surface area contributed by atoms with Crippen LogP contribution in [-0.2, 0) is 0 Å². The second-order valence-corrected chi connectivity index (χ2v) is 1.29. The summed E-state index contributed by atoms with van der Waals surface area (Å²) >= 11 is 0. The molecule has 0 unspecified atom stereocenters. The van der Waals surface area contributed by atoms with E-state index in [4.69, 9.17) is 0 Å². The molecule has 0 nitrogen and oxygen atoms in total. The van der Waals surface area contributed by atoms with Crippen LogP contribution in [0.2, 0.25) is 0 Å². The molecule has 1 rings (SSSR count). The van der Waals surface area contributed by atoms with Gasteiger partial charge in [0.1, 0.15) is 0 Å². The Balaban J connectivity index is 2.86. The van der Waals surface area contributed by atoms with Gasteiger partial charge in [0.2, 0.25) is 0 Å². The van der Waals surface area contributed by atoms with Gasteiger partial charge in [-0.25, -0.2) is 0 Å². The number of rotatable bonds is 0. The van der Waals surface area contributed by atoms with Crippen molar-refractivity contribution in [3.05, 3.63) is 24.3 Å². The zero-order chi connectivity index (χ0) is 4.41. The fraction of sp³-hybridized carbons (Fsp3) is 0. The van der Waals surface area contributed by atoms with E-state index in [0.29, 0.717) is 0 Å². The summed E-state index contributed by atoms with van der Waals surface area (Å²) in [6, 6.07) is 0. The summed E-state index contributed by atoms with van der Waals surface area (Å²) in [5.74, 6) is 0. The van der Waals surface area contributed by atoms with E-state index in [1.807, 2.05) is 24.3 Å². The molecule has 0 aromatic carbocycles. The quantitative estimate of drug-likeness (QED) is 0.361. The van der Waals surface area contributed by atoms with Gasteiger partial charge in [-0.2, -0.15) is 0 Å². The van der Waals surface area contributed by atoms with E-state index < -0.39 is 0 Å². The molecule has 1 aliphatic carbocycles. The first kappa shape index (κ1) is 3.60. The van der Waals surface area contributed by atoms with Crippen LogP contribution in [0.5, 0.6) is 0 Å². The monoisotopic (exact) mass is 76.0 g/mol. The van der Waals surface area contributed by atoms with E-state index in [9.17, 15) is 0 Å². The predicted molar refractivity (Wildman–Crippen MR) is 30.4 cm³/mol. The van der Waals surface area contributed by atoms with Gasteiger partial charge in [-0.05, 0) is 0 Å². The Morgan fingerprint density at radius 2 is 1.67 bits per heavy atom. The van der Waals surface area contributed by atoms with Crippen molar-refractivity contribution in [1.82, 2.24) is 0 Å². The second kappa shape index (κ2) is 1.25. The molecule has 0 radical (unpaired) electrons. The molecule has 0 atom stereocenters. The average Bonchev–Trinajstić information content (AvgIpc) is 1.86. The predicted octanol–water partition coefficient (Wildman–Crippen LogP) is 0.186. The minimum absolute atomic E-state index is 1.09. The first-order valence-electron chi connectivity index (χ1n) is 1.93. The van der Waals surface area contributed by atoms with Gasteiger partial charge in [0, 0.05) is 0 Å². The van der Waals surface area contributed by atoms with Crippen molar-refractivity contribution in [3.63, 3.8) is 0 Å². The normalized spacial score (nSPS) is 16.8. The van der Waals surface area contributed by atoms with Gasteiger partial charge in [-0.1, -0.05) is 0 Å². The standard InChI is InChI=1S/C5H5B/c6-5-3-1-2-4-5/h1-4,6H. The molecule has 0 saturated heterocycles. The Kier molecular flexibility index (Phi) is 0.751. The van der Waals surface area contributed by atoms with Gasteiger partial charge in [0.25, 0.3) is 0 Å². The van der Waals surface area contributed by atoms with E-state index in [0.717, 1.165) is 5.46 Å². The van der Waals surface area contributed by atoms with Crippen molar-refractivity contribution in [1.29, 1.82) is 0 Å². The summed E-state index contributed by atoms with van der Waals surface area (Å²) in [4.78, 5) is 0. The molecule has 0 spiro atoms. The average molecular weight is 75.9 g/mol. The van der Waals surface area contributed by atoms with Crippen LogP contribution in [0.3, 0.4) is 0 Å². The topological polar surface area (TPSA) is 0 Å². The van der Waals surface area contributed by atoms with Crippen molar-refractivity contribution >= 4 is 13.0 Å².